The normalized spacial score (nSPS) is 11.4. The first-order chi connectivity index (χ1) is 11.2. The third-order valence-corrected chi connectivity index (χ3v) is 3.41. The predicted molar refractivity (Wildman–Crippen MR) is 82.7 cm³/mol. The Morgan fingerprint density at radius 1 is 1.25 bits per heavy atom. The van der Waals surface area contributed by atoms with Gasteiger partial charge in [-0.15, -0.1) is 0 Å². The number of hydrogen-bond donors (Lipinski definition) is 1. The van der Waals surface area contributed by atoms with Gasteiger partial charge < -0.3 is 5.32 Å². The molecule has 0 aliphatic rings. The molecule has 1 amide bonds. The van der Waals surface area contributed by atoms with E-state index >= 15 is 0 Å². The van der Waals surface area contributed by atoms with Crippen molar-refractivity contribution in [3.05, 3.63) is 57.8 Å². The maximum Gasteiger partial charge on any atom is 0.416 e. The van der Waals surface area contributed by atoms with E-state index in [1.807, 2.05) is 6.92 Å². The smallest absolute Gasteiger partial charge is 0.325 e. The Morgan fingerprint density at radius 2 is 1.88 bits per heavy atom. The standard InChI is InChI=1S/C16H16F3N3O2/c1-3-12-8-15(24)22(10(2)20-12)9-14(23)21-13-6-4-11(5-7-13)16(17,18)19/h4-8H,3,9H2,1-2H3,(H,21,23). The van der Waals surface area contributed by atoms with Crippen LogP contribution in [0.2, 0.25) is 0 Å². The van der Waals surface area contributed by atoms with E-state index in [-0.39, 0.29) is 17.8 Å². The highest BCUT2D eigenvalue weighted by molar-refractivity contribution is 5.90. The monoisotopic (exact) mass is 339 g/mol. The lowest BCUT2D eigenvalue weighted by atomic mass is 10.2. The minimum Gasteiger partial charge on any atom is -0.325 e. The maximum atomic E-state index is 12.5. The molecule has 0 saturated heterocycles. The van der Waals surface area contributed by atoms with Gasteiger partial charge in [-0.3, -0.25) is 14.2 Å². The molecule has 128 valence electrons. The fourth-order valence-corrected chi connectivity index (χ4v) is 2.14. The zero-order valence-corrected chi connectivity index (χ0v) is 13.1. The van der Waals surface area contributed by atoms with Crippen molar-refractivity contribution in [2.45, 2.75) is 33.0 Å². The van der Waals surface area contributed by atoms with Gasteiger partial charge in [-0.1, -0.05) is 6.92 Å². The lowest BCUT2D eigenvalue weighted by molar-refractivity contribution is -0.137. The molecule has 5 nitrogen and oxygen atoms in total. The fourth-order valence-electron chi connectivity index (χ4n) is 2.14. The summed E-state index contributed by atoms with van der Waals surface area (Å²) in [5, 5.41) is 2.46. The average Bonchev–Trinajstić information content (AvgIpc) is 2.50. The number of aromatic nitrogens is 2. The molecule has 0 unspecified atom stereocenters. The Labute approximate surface area is 136 Å². The molecule has 0 atom stereocenters. The third kappa shape index (κ3) is 4.21. The number of benzene rings is 1. The molecule has 1 N–H and O–H groups in total. The van der Waals surface area contributed by atoms with E-state index in [9.17, 15) is 22.8 Å². The first kappa shape index (κ1) is 17.7. The van der Waals surface area contributed by atoms with E-state index in [0.717, 1.165) is 24.3 Å². The van der Waals surface area contributed by atoms with E-state index in [0.29, 0.717) is 17.9 Å². The summed E-state index contributed by atoms with van der Waals surface area (Å²) in [7, 11) is 0. The van der Waals surface area contributed by atoms with Crippen molar-refractivity contribution >= 4 is 11.6 Å². The molecule has 1 aromatic heterocycles. The van der Waals surface area contributed by atoms with E-state index in [1.165, 1.54) is 10.6 Å². The molecule has 1 heterocycles. The van der Waals surface area contributed by atoms with Crippen molar-refractivity contribution in [3.63, 3.8) is 0 Å². The van der Waals surface area contributed by atoms with Gasteiger partial charge in [0, 0.05) is 17.4 Å². The third-order valence-electron chi connectivity index (χ3n) is 3.41. The molecule has 0 aliphatic heterocycles. The van der Waals surface area contributed by atoms with Gasteiger partial charge in [-0.05, 0) is 37.6 Å². The largest absolute Gasteiger partial charge is 0.416 e. The Kier molecular flexibility index (Phi) is 5.06. The molecule has 0 saturated carbocycles. The molecule has 0 aliphatic carbocycles. The SMILES string of the molecule is CCc1cc(=O)n(CC(=O)Nc2ccc(C(F)(F)F)cc2)c(C)n1. The summed E-state index contributed by atoms with van der Waals surface area (Å²) < 4.78 is 38.7. The summed E-state index contributed by atoms with van der Waals surface area (Å²) in [6, 6.07) is 5.44. The van der Waals surface area contributed by atoms with Crippen molar-refractivity contribution in [1.82, 2.24) is 9.55 Å². The van der Waals surface area contributed by atoms with Crippen molar-refractivity contribution in [1.29, 1.82) is 0 Å². The molecule has 0 radical (unpaired) electrons. The van der Waals surface area contributed by atoms with Crippen LogP contribution in [-0.2, 0) is 23.9 Å². The topological polar surface area (TPSA) is 64.0 Å². The van der Waals surface area contributed by atoms with Gasteiger partial charge in [-0.2, -0.15) is 13.2 Å². The maximum absolute atomic E-state index is 12.5. The molecule has 0 spiro atoms. The number of alkyl halides is 3. The van der Waals surface area contributed by atoms with Crippen LogP contribution in [0, 0.1) is 6.92 Å². The Morgan fingerprint density at radius 3 is 2.38 bits per heavy atom. The number of carbonyl (C=O) groups excluding carboxylic acids is 1. The number of rotatable bonds is 4. The Balaban J connectivity index is 2.10. The zero-order valence-electron chi connectivity index (χ0n) is 13.1. The van der Waals surface area contributed by atoms with Crippen LogP contribution in [-0.4, -0.2) is 15.5 Å². The second-order valence-corrected chi connectivity index (χ2v) is 5.20. The second-order valence-electron chi connectivity index (χ2n) is 5.20. The molecule has 2 aromatic rings. The van der Waals surface area contributed by atoms with Crippen LogP contribution in [0.5, 0.6) is 0 Å². The van der Waals surface area contributed by atoms with Gasteiger partial charge in [-0.25, -0.2) is 4.98 Å². The van der Waals surface area contributed by atoms with E-state index in [1.54, 1.807) is 6.92 Å². The van der Waals surface area contributed by atoms with Crippen LogP contribution in [0.15, 0.2) is 35.1 Å². The molecule has 8 heteroatoms. The molecule has 0 bridgehead atoms. The quantitative estimate of drug-likeness (QED) is 0.932. The molecular weight excluding hydrogens is 323 g/mol. The minimum atomic E-state index is -4.43. The molecule has 0 fully saturated rings. The summed E-state index contributed by atoms with van der Waals surface area (Å²) in [6.45, 7) is 3.22. The molecular formula is C16H16F3N3O2. The number of carbonyl (C=O) groups is 1. The first-order valence-electron chi connectivity index (χ1n) is 7.25. The molecule has 1 aromatic carbocycles. The van der Waals surface area contributed by atoms with Crippen LogP contribution in [0.4, 0.5) is 18.9 Å². The van der Waals surface area contributed by atoms with Crippen LogP contribution in [0.25, 0.3) is 0 Å². The summed E-state index contributed by atoms with van der Waals surface area (Å²) >= 11 is 0. The van der Waals surface area contributed by atoms with Gasteiger partial charge in [0.1, 0.15) is 12.4 Å². The van der Waals surface area contributed by atoms with E-state index in [4.69, 9.17) is 0 Å². The molecule has 24 heavy (non-hydrogen) atoms. The predicted octanol–water partition coefficient (Wildman–Crippen LogP) is 2.77. The lowest BCUT2D eigenvalue weighted by Crippen LogP contribution is -2.30. The van der Waals surface area contributed by atoms with Gasteiger partial charge >= 0.3 is 6.18 Å². The number of nitrogens with zero attached hydrogens (tertiary/aromatic N) is 2. The highest BCUT2D eigenvalue weighted by atomic mass is 19.4. The van der Waals surface area contributed by atoms with Gasteiger partial charge in [0.2, 0.25) is 5.91 Å². The summed E-state index contributed by atoms with van der Waals surface area (Å²) in [5.74, 6) is -0.118. The Hall–Kier alpha value is -2.64. The van der Waals surface area contributed by atoms with Crippen molar-refractivity contribution < 1.29 is 18.0 Å². The van der Waals surface area contributed by atoms with Crippen molar-refractivity contribution in [2.24, 2.45) is 0 Å². The van der Waals surface area contributed by atoms with Crippen LogP contribution < -0.4 is 10.9 Å². The number of amides is 1. The van der Waals surface area contributed by atoms with E-state index < -0.39 is 17.6 Å². The number of halogens is 3. The number of anilines is 1. The number of hydrogen-bond acceptors (Lipinski definition) is 3. The summed E-state index contributed by atoms with van der Waals surface area (Å²) in [4.78, 5) is 28.2. The van der Waals surface area contributed by atoms with Crippen LogP contribution >= 0.6 is 0 Å². The van der Waals surface area contributed by atoms with Gasteiger partial charge in [0.25, 0.3) is 5.56 Å². The molecule has 2 rings (SSSR count). The van der Waals surface area contributed by atoms with Crippen LogP contribution in [0.1, 0.15) is 24.0 Å². The first-order valence-corrected chi connectivity index (χ1v) is 7.25. The summed E-state index contributed by atoms with van der Waals surface area (Å²) in [6.07, 6.45) is -3.83. The second kappa shape index (κ2) is 6.86. The van der Waals surface area contributed by atoms with Crippen molar-refractivity contribution in [3.8, 4) is 0 Å². The van der Waals surface area contributed by atoms with Crippen molar-refractivity contribution in [2.75, 3.05) is 5.32 Å². The zero-order chi connectivity index (χ0) is 17.9. The number of aryl methyl sites for hydroxylation is 2. The lowest BCUT2D eigenvalue weighted by Gasteiger charge is -2.11. The number of nitrogens with one attached hydrogen (secondary N) is 1. The van der Waals surface area contributed by atoms with Crippen LogP contribution in [0.3, 0.4) is 0 Å². The van der Waals surface area contributed by atoms with E-state index in [2.05, 4.69) is 10.3 Å². The minimum absolute atomic E-state index is 0.219. The average molecular weight is 339 g/mol. The highest BCUT2D eigenvalue weighted by Crippen LogP contribution is 2.29. The fraction of sp³-hybridized carbons (Fsp3) is 0.312. The van der Waals surface area contributed by atoms with Gasteiger partial charge in [0.15, 0.2) is 0 Å². The Bertz CT molecular complexity index is 796. The van der Waals surface area contributed by atoms with Gasteiger partial charge in [0.05, 0.1) is 5.56 Å². The summed E-state index contributed by atoms with van der Waals surface area (Å²) in [5.41, 5.74) is -0.289. The highest BCUT2D eigenvalue weighted by Gasteiger charge is 2.29.